The minimum Gasteiger partial charge on any atom is -0.497 e. The van der Waals surface area contributed by atoms with Crippen molar-refractivity contribution in [1.82, 2.24) is 10.6 Å². The lowest BCUT2D eigenvalue weighted by Crippen LogP contribution is -2.44. The predicted octanol–water partition coefficient (Wildman–Crippen LogP) is 2.52. The molecule has 7 nitrogen and oxygen atoms in total. The van der Waals surface area contributed by atoms with Crippen LogP contribution in [0.3, 0.4) is 0 Å². The molecule has 0 saturated carbocycles. The fourth-order valence-corrected chi connectivity index (χ4v) is 3.17. The molecule has 1 atom stereocenters. The predicted molar refractivity (Wildman–Crippen MR) is 107 cm³/mol. The van der Waals surface area contributed by atoms with Gasteiger partial charge in [-0.2, -0.15) is 0 Å². The molecule has 0 radical (unpaired) electrons. The molecule has 0 aliphatic carbocycles. The first kappa shape index (κ1) is 21.3. The molecule has 1 aliphatic heterocycles. The van der Waals surface area contributed by atoms with Crippen LogP contribution in [-0.4, -0.2) is 59.2 Å². The normalized spacial score (nSPS) is 17.9. The van der Waals surface area contributed by atoms with Crippen LogP contribution in [0.5, 0.6) is 11.5 Å². The monoisotopic (exact) mass is 379 g/mol. The van der Waals surface area contributed by atoms with Crippen molar-refractivity contribution in [2.24, 2.45) is 4.99 Å². The maximum atomic E-state index is 5.78. The number of aliphatic imine (C=N–C) groups is 1. The van der Waals surface area contributed by atoms with E-state index in [9.17, 15) is 0 Å². The van der Waals surface area contributed by atoms with Gasteiger partial charge in [-0.3, -0.25) is 4.99 Å². The molecule has 0 amide bonds. The van der Waals surface area contributed by atoms with Crippen molar-refractivity contribution in [2.45, 2.75) is 38.3 Å². The van der Waals surface area contributed by atoms with Crippen LogP contribution in [0.15, 0.2) is 23.2 Å². The second-order valence-corrected chi connectivity index (χ2v) is 6.67. The van der Waals surface area contributed by atoms with Gasteiger partial charge >= 0.3 is 0 Å². The van der Waals surface area contributed by atoms with Gasteiger partial charge < -0.3 is 29.6 Å². The zero-order valence-electron chi connectivity index (χ0n) is 17.1. The summed E-state index contributed by atoms with van der Waals surface area (Å²) in [5.41, 5.74) is 0.757. The molecule has 27 heavy (non-hydrogen) atoms. The lowest BCUT2D eigenvalue weighted by Gasteiger charge is -2.34. The van der Waals surface area contributed by atoms with Crippen molar-refractivity contribution in [3.63, 3.8) is 0 Å². The van der Waals surface area contributed by atoms with Crippen LogP contribution >= 0.6 is 0 Å². The van der Waals surface area contributed by atoms with Gasteiger partial charge in [-0.1, -0.05) is 0 Å². The first-order valence-corrected chi connectivity index (χ1v) is 9.47. The van der Waals surface area contributed by atoms with Crippen LogP contribution in [-0.2, 0) is 9.47 Å². The Balaban J connectivity index is 2.14. The molecule has 1 heterocycles. The number of benzene rings is 1. The van der Waals surface area contributed by atoms with E-state index in [1.165, 1.54) is 0 Å². The van der Waals surface area contributed by atoms with E-state index in [0.29, 0.717) is 19.8 Å². The smallest absolute Gasteiger partial charge is 0.191 e. The summed E-state index contributed by atoms with van der Waals surface area (Å²) in [6.45, 7) is 6.91. The number of nitrogens with zero attached hydrogens (tertiary/aromatic N) is 1. The summed E-state index contributed by atoms with van der Waals surface area (Å²) in [5.74, 6) is 2.35. The van der Waals surface area contributed by atoms with Gasteiger partial charge in [0, 0.05) is 45.3 Å². The molecular formula is C20H33N3O4. The Morgan fingerprint density at radius 3 is 2.56 bits per heavy atom. The highest BCUT2D eigenvalue weighted by Gasteiger charge is 2.32. The summed E-state index contributed by atoms with van der Waals surface area (Å²) in [7, 11) is 5.09. The van der Waals surface area contributed by atoms with E-state index in [4.69, 9.17) is 23.9 Å². The van der Waals surface area contributed by atoms with Gasteiger partial charge in [-0.15, -0.1) is 0 Å². The van der Waals surface area contributed by atoms with E-state index in [2.05, 4.69) is 24.5 Å². The molecule has 7 heteroatoms. The molecule has 0 bridgehead atoms. The van der Waals surface area contributed by atoms with Crippen LogP contribution in [0.1, 0.15) is 38.3 Å². The lowest BCUT2D eigenvalue weighted by atomic mass is 9.94. The largest absolute Gasteiger partial charge is 0.497 e. The summed E-state index contributed by atoms with van der Waals surface area (Å²) >= 11 is 0. The van der Waals surface area contributed by atoms with Crippen LogP contribution < -0.4 is 20.1 Å². The van der Waals surface area contributed by atoms with Gasteiger partial charge in [0.2, 0.25) is 0 Å². The average Bonchev–Trinajstić information content (AvgIpc) is 2.72. The number of rotatable bonds is 8. The van der Waals surface area contributed by atoms with Crippen LogP contribution in [0.2, 0.25) is 0 Å². The molecule has 152 valence electrons. The summed E-state index contributed by atoms with van der Waals surface area (Å²) in [4.78, 5) is 4.79. The van der Waals surface area contributed by atoms with E-state index in [1.54, 1.807) is 21.3 Å². The van der Waals surface area contributed by atoms with Gasteiger partial charge in [0.1, 0.15) is 11.5 Å². The second kappa shape index (κ2) is 10.4. The van der Waals surface area contributed by atoms with E-state index in [1.807, 2.05) is 18.2 Å². The Hall–Kier alpha value is -1.99. The molecule has 1 aromatic rings. The third-order valence-electron chi connectivity index (χ3n) is 4.96. The molecule has 1 aliphatic rings. The molecule has 0 aromatic heterocycles. The van der Waals surface area contributed by atoms with Gasteiger partial charge in [-0.25, -0.2) is 0 Å². The maximum Gasteiger partial charge on any atom is 0.191 e. The molecule has 0 spiro atoms. The molecule has 2 rings (SSSR count). The Labute approximate surface area is 162 Å². The molecular weight excluding hydrogens is 346 g/mol. The molecule has 1 aromatic carbocycles. The number of methoxy groups -OCH3 is 3. The first-order valence-electron chi connectivity index (χ1n) is 9.47. The highest BCUT2D eigenvalue weighted by Crippen LogP contribution is 2.29. The average molecular weight is 380 g/mol. The zero-order valence-corrected chi connectivity index (χ0v) is 17.1. The first-order chi connectivity index (χ1) is 13.1. The zero-order chi connectivity index (χ0) is 19.7. The lowest BCUT2D eigenvalue weighted by molar-refractivity contribution is -0.0828. The van der Waals surface area contributed by atoms with Crippen molar-refractivity contribution in [1.29, 1.82) is 0 Å². The van der Waals surface area contributed by atoms with Crippen molar-refractivity contribution in [3.8, 4) is 11.5 Å². The van der Waals surface area contributed by atoms with E-state index < -0.39 is 0 Å². The Bertz CT molecular complexity index is 615. The number of hydrogen-bond acceptors (Lipinski definition) is 5. The molecule has 2 N–H and O–H groups in total. The molecule has 1 fully saturated rings. The molecule has 1 saturated heterocycles. The van der Waals surface area contributed by atoms with Gasteiger partial charge in [-0.05, 0) is 32.0 Å². The van der Waals surface area contributed by atoms with E-state index in [-0.39, 0.29) is 11.6 Å². The fourth-order valence-electron chi connectivity index (χ4n) is 3.17. The summed E-state index contributed by atoms with van der Waals surface area (Å²) in [6, 6.07) is 5.77. The SMILES string of the molecule is CCNC(=NCC1(OC)CCOCC1)NC(C)c1cc(OC)ccc1OC. The van der Waals surface area contributed by atoms with Gasteiger partial charge in [0.25, 0.3) is 0 Å². The number of hydrogen-bond donors (Lipinski definition) is 2. The fraction of sp³-hybridized carbons (Fsp3) is 0.650. The minimum atomic E-state index is -0.252. The molecule has 1 unspecified atom stereocenters. The van der Waals surface area contributed by atoms with Crippen molar-refractivity contribution in [3.05, 3.63) is 23.8 Å². The summed E-state index contributed by atoms with van der Waals surface area (Å²) in [5, 5.41) is 6.77. The quantitative estimate of drug-likeness (QED) is 0.534. The highest BCUT2D eigenvalue weighted by atomic mass is 16.5. The van der Waals surface area contributed by atoms with Crippen LogP contribution in [0.25, 0.3) is 0 Å². The third-order valence-corrected chi connectivity index (χ3v) is 4.96. The number of nitrogens with one attached hydrogen (secondary N) is 2. The topological polar surface area (TPSA) is 73.3 Å². The number of guanidine groups is 1. The third kappa shape index (κ3) is 5.74. The number of ether oxygens (including phenoxy) is 4. The van der Waals surface area contributed by atoms with E-state index in [0.717, 1.165) is 42.4 Å². The standard InChI is InChI=1S/C20H33N3O4/c1-6-21-19(22-14-20(26-5)9-11-27-12-10-20)23-15(2)17-13-16(24-3)7-8-18(17)25-4/h7-8,13,15H,6,9-12,14H2,1-5H3,(H2,21,22,23). The summed E-state index contributed by atoms with van der Waals surface area (Å²) < 4.78 is 22.1. The summed E-state index contributed by atoms with van der Waals surface area (Å²) in [6.07, 6.45) is 1.71. The maximum absolute atomic E-state index is 5.78. The second-order valence-electron chi connectivity index (χ2n) is 6.67. The van der Waals surface area contributed by atoms with E-state index >= 15 is 0 Å². The highest BCUT2D eigenvalue weighted by molar-refractivity contribution is 5.80. The Kier molecular flexibility index (Phi) is 8.19. The minimum absolute atomic E-state index is 0.0129. The van der Waals surface area contributed by atoms with Gasteiger partial charge in [0.15, 0.2) is 5.96 Å². The Morgan fingerprint density at radius 1 is 1.22 bits per heavy atom. The van der Waals surface area contributed by atoms with Crippen LogP contribution in [0.4, 0.5) is 0 Å². The van der Waals surface area contributed by atoms with Crippen molar-refractivity contribution in [2.75, 3.05) is 47.6 Å². The van der Waals surface area contributed by atoms with Crippen LogP contribution in [0, 0.1) is 0 Å². The Morgan fingerprint density at radius 2 is 1.96 bits per heavy atom. The van der Waals surface area contributed by atoms with Gasteiger partial charge in [0.05, 0.1) is 32.4 Å². The van der Waals surface area contributed by atoms with Crippen molar-refractivity contribution >= 4 is 5.96 Å². The van der Waals surface area contributed by atoms with Crippen molar-refractivity contribution < 1.29 is 18.9 Å².